The van der Waals surface area contributed by atoms with Gasteiger partial charge in [0.05, 0.1) is 16.6 Å². The van der Waals surface area contributed by atoms with Crippen molar-refractivity contribution in [1.82, 2.24) is 19.4 Å². The molecule has 0 N–H and O–H groups in total. The van der Waals surface area contributed by atoms with Crippen LogP contribution in [0.15, 0.2) is 97.1 Å². The van der Waals surface area contributed by atoms with Gasteiger partial charge in [0, 0.05) is 61.2 Å². The highest BCUT2D eigenvalue weighted by molar-refractivity contribution is 6.26. The Morgan fingerprint density at radius 2 is 0.830 bits per heavy atom. The normalized spacial score (nSPS) is 22.2. The zero-order valence-corrected chi connectivity index (χ0v) is 29.3. The lowest BCUT2D eigenvalue weighted by Crippen LogP contribution is -2.15. The first-order valence-electron chi connectivity index (χ1n) is 19.4. The van der Waals surface area contributed by atoms with Crippen LogP contribution in [0.2, 0.25) is 0 Å². The second-order valence-corrected chi connectivity index (χ2v) is 16.0. The summed E-state index contributed by atoms with van der Waals surface area (Å²) in [5, 5.41) is 4.55. The van der Waals surface area contributed by atoms with Crippen LogP contribution >= 0.6 is 0 Å². The van der Waals surface area contributed by atoms with Gasteiger partial charge in [0.1, 0.15) is 0 Å². The number of rotatable bonds is 3. The van der Waals surface area contributed by atoms with Crippen molar-refractivity contribution in [2.75, 3.05) is 0 Å². The molecule has 6 heteroatoms. The molecule has 2 saturated carbocycles. The lowest BCUT2D eigenvalue weighted by atomic mass is 9.82. The van der Waals surface area contributed by atoms with Crippen LogP contribution in [0.1, 0.15) is 95.0 Å². The van der Waals surface area contributed by atoms with Gasteiger partial charge in [-0.05, 0) is 111 Å². The maximum Gasteiger partial charge on any atom is 0.166 e. The number of carbonyl (C=O) groups is 2. The van der Waals surface area contributed by atoms with Gasteiger partial charge in [0.25, 0.3) is 0 Å². The molecule has 0 saturated heterocycles. The molecule has 2 fully saturated rings. The molecule has 14 rings (SSSR count). The van der Waals surface area contributed by atoms with E-state index in [-0.39, 0.29) is 11.8 Å². The van der Waals surface area contributed by atoms with Crippen molar-refractivity contribution in [2.24, 2.45) is 11.8 Å². The third-order valence-electron chi connectivity index (χ3n) is 13.3. The van der Waals surface area contributed by atoms with Gasteiger partial charge in [-0.1, -0.05) is 60.7 Å². The molecule has 6 aliphatic carbocycles. The van der Waals surface area contributed by atoms with Crippen molar-refractivity contribution in [2.45, 2.75) is 63.2 Å². The fourth-order valence-corrected chi connectivity index (χ4v) is 10.6. The van der Waals surface area contributed by atoms with Crippen molar-refractivity contribution in [1.29, 1.82) is 0 Å². The minimum Gasteiger partial charge on any atom is -0.308 e. The molecular weight excluding hydrogens is 653 g/mol. The smallest absolute Gasteiger partial charge is 0.166 e. The van der Waals surface area contributed by atoms with E-state index in [0.717, 1.165) is 117 Å². The van der Waals surface area contributed by atoms with Crippen LogP contribution in [-0.2, 0) is 0 Å². The molecule has 0 spiro atoms. The summed E-state index contributed by atoms with van der Waals surface area (Å²) < 4.78 is 2.36. The summed E-state index contributed by atoms with van der Waals surface area (Å²) >= 11 is 0. The number of fused-ring (bicyclic) bond motifs is 10. The third-order valence-corrected chi connectivity index (χ3v) is 13.3. The van der Waals surface area contributed by atoms with Gasteiger partial charge in [-0.15, -0.1) is 0 Å². The number of carbonyl (C=O) groups excluding carboxylic acids is 2. The lowest BCUT2D eigenvalue weighted by Gasteiger charge is -2.22. The van der Waals surface area contributed by atoms with E-state index in [4.69, 9.17) is 15.0 Å². The molecule has 0 aliphatic heterocycles. The first kappa shape index (κ1) is 29.8. The zero-order chi connectivity index (χ0) is 34.9. The minimum atomic E-state index is 0.118. The van der Waals surface area contributed by atoms with Crippen LogP contribution in [0.25, 0.3) is 72.3 Å². The summed E-state index contributed by atoms with van der Waals surface area (Å²) in [6, 6.07) is 33.8. The standard InChI is InChI=1S/C47H36N4O2/c52-43-27-15-11-25(12-16-27)32-21-34-36-19-31(47-49-45(29-7-3-1-4-8-29)48-46(50-47)30-9-5-2-6-10-30)20-37-35-22-33-26-13-17-28(18-14-26)44(53)39(33)24-41(35)51(42(36)37)40(34)23-38(32)43/h1-10,19-28H,11-18H2. The maximum absolute atomic E-state index is 14.0. The number of hydrogen-bond donors (Lipinski definition) is 0. The quantitative estimate of drug-likeness (QED) is 0.185. The number of ketones is 2. The Morgan fingerprint density at radius 1 is 0.434 bits per heavy atom. The zero-order valence-electron chi connectivity index (χ0n) is 29.3. The van der Waals surface area contributed by atoms with E-state index in [9.17, 15) is 9.59 Å². The Kier molecular flexibility index (Phi) is 6.12. The summed E-state index contributed by atoms with van der Waals surface area (Å²) in [6.45, 7) is 0. The number of Topliss-reactive ketones (excluding diaryl/α,β-unsaturated/α-hetero) is 2. The Bertz CT molecular complexity index is 2660. The molecule has 0 amide bonds. The molecular formula is C47H36N4O2. The Hall–Kier alpha value is -5.75. The Labute approximate surface area is 306 Å². The van der Waals surface area contributed by atoms with E-state index in [1.54, 1.807) is 0 Å². The molecule has 53 heavy (non-hydrogen) atoms. The molecule has 0 radical (unpaired) electrons. The number of benzene rings is 5. The van der Waals surface area contributed by atoms with Gasteiger partial charge in [0.2, 0.25) is 0 Å². The molecule has 5 aromatic carbocycles. The van der Waals surface area contributed by atoms with E-state index >= 15 is 0 Å². The Balaban J connectivity index is 1.19. The minimum absolute atomic E-state index is 0.118. The lowest BCUT2D eigenvalue weighted by molar-refractivity contribution is 0.0891. The maximum atomic E-state index is 14.0. The van der Waals surface area contributed by atoms with Crippen molar-refractivity contribution in [3.05, 3.63) is 119 Å². The SMILES string of the molecule is O=C1c2cc3c(cc2C2CCC1CC2)c1cc(-c2nc(-c4ccccc4)nc(-c4ccccc4)n2)cc2c4cc5c(cc4n3c12)C(=O)C1CCC5CC1. The molecule has 3 heterocycles. The van der Waals surface area contributed by atoms with Crippen LogP contribution in [0, 0.1) is 11.8 Å². The Morgan fingerprint density at radius 3 is 1.26 bits per heavy atom. The predicted molar refractivity (Wildman–Crippen MR) is 209 cm³/mol. The topological polar surface area (TPSA) is 77.2 Å². The van der Waals surface area contributed by atoms with Gasteiger partial charge >= 0.3 is 0 Å². The monoisotopic (exact) mass is 688 g/mol. The molecule has 0 unspecified atom stereocenters. The highest BCUT2D eigenvalue weighted by Gasteiger charge is 2.38. The molecule has 6 nitrogen and oxygen atoms in total. The van der Waals surface area contributed by atoms with E-state index in [0.29, 0.717) is 40.9 Å². The van der Waals surface area contributed by atoms with Crippen molar-refractivity contribution < 1.29 is 9.59 Å². The third kappa shape index (κ3) is 4.23. The highest BCUT2D eigenvalue weighted by atomic mass is 16.1. The van der Waals surface area contributed by atoms with E-state index in [1.807, 2.05) is 60.7 Å². The molecule has 0 atom stereocenters. The van der Waals surface area contributed by atoms with Crippen LogP contribution in [0.3, 0.4) is 0 Å². The summed E-state index contributed by atoms with van der Waals surface area (Å²) in [6.07, 6.45) is 8.18. The van der Waals surface area contributed by atoms with Crippen LogP contribution in [-0.4, -0.2) is 30.9 Å². The van der Waals surface area contributed by atoms with Gasteiger partial charge in [-0.3, -0.25) is 9.59 Å². The van der Waals surface area contributed by atoms with Crippen LogP contribution < -0.4 is 0 Å². The van der Waals surface area contributed by atoms with Crippen molar-refractivity contribution >= 4 is 49.7 Å². The van der Waals surface area contributed by atoms with Gasteiger partial charge < -0.3 is 4.40 Å². The highest BCUT2D eigenvalue weighted by Crippen LogP contribution is 2.50. The summed E-state index contributed by atoms with van der Waals surface area (Å²) in [7, 11) is 0. The number of aromatic nitrogens is 4. The molecule has 3 aromatic heterocycles. The van der Waals surface area contributed by atoms with Gasteiger partial charge in [-0.25, -0.2) is 15.0 Å². The number of hydrogen-bond acceptors (Lipinski definition) is 5. The first-order chi connectivity index (χ1) is 26.1. The molecule has 8 aromatic rings. The first-order valence-corrected chi connectivity index (χ1v) is 19.4. The largest absolute Gasteiger partial charge is 0.308 e. The summed E-state index contributed by atoms with van der Waals surface area (Å²) in [5.74, 6) is 3.55. The van der Waals surface area contributed by atoms with Gasteiger partial charge in [0.15, 0.2) is 29.0 Å². The average molecular weight is 689 g/mol. The van der Waals surface area contributed by atoms with E-state index < -0.39 is 0 Å². The molecule has 6 aliphatic rings. The van der Waals surface area contributed by atoms with E-state index in [2.05, 4.69) is 40.8 Å². The van der Waals surface area contributed by atoms with Crippen molar-refractivity contribution in [3.63, 3.8) is 0 Å². The fraction of sp³-hybridized carbons (Fsp3) is 0.255. The second kappa shape index (κ2) is 10.9. The average Bonchev–Trinajstić information content (AvgIpc) is 3.53. The summed E-state index contributed by atoms with van der Waals surface area (Å²) in [4.78, 5) is 43.3. The second-order valence-electron chi connectivity index (χ2n) is 16.0. The predicted octanol–water partition coefficient (Wildman–Crippen LogP) is 11.0. The summed E-state index contributed by atoms with van der Waals surface area (Å²) in [5.41, 5.74) is 10.2. The van der Waals surface area contributed by atoms with Crippen molar-refractivity contribution in [3.8, 4) is 34.2 Å². The van der Waals surface area contributed by atoms with Crippen LogP contribution in [0.5, 0.6) is 0 Å². The molecule has 4 bridgehead atoms. The van der Waals surface area contributed by atoms with E-state index in [1.165, 1.54) is 11.1 Å². The number of nitrogens with zero attached hydrogens (tertiary/aromatic N) is 4. The van der Waals surface area contributed by atoms with Gasteiger partial charge in [-0.2, -0.15) is 0 Å². The molecule has 256 valence electrons. The van der Waals surface area contributed by atoms with Crippen LogP contribution in [0.4, 0.5) is 0 Å². The fourth-order valence-electron chi connectivity index (χ4n) is 10.6.